The molecule has 2 unspecified atom stereocenters. The monoisotopic (exact) mass is 328 g/mol. The number of aromatic hydroxyl groups is 1. The minimum Gasteiger partial charge on any atom is -0.507 e. The van der Waals surface area contributed by atoms with Crippen LogP contribution in [0.4, 0.5) is 0 Å². The van der Waals surface area contributed by atoms with Crippen LogP contribution >= 0.6 is 0 Å². The molecule has 2 heteroatoms. The van der Waals surface area contributed by atoms with Gasteiger partial charge in [-0.15, -0.1) is 0 Å². The molecule has 0 aliphatic heterocycles. The van der Waals surface area contributed by atoms with E-state index in [1.807, 2.05) is 12.1 Å². The molecule has 2 fully saturated rings. The largest absolute Gasteiger partial charge is 0.507 e. The number of aldehydes is 1. The number of benzene rings is 1. The number of hydrogen-bond acceptors (Lipinski definition) is 2. The third-order valence-electron chi connectivity index (χ3n) is 6.64. The first-order valence-corrected chi connectivity index (χ1v) is 10.00. The molecule has 0 bridgehead atoms. The van der Waals surface area contributed by atoms with Crippen LogP contribution < -0.4 is 0 Å². The molecule has 2 aliphatic rings. The van der Waals surface area contributed by atoms with Crippen LogP contribution in [0.1, 0.15) is 93.0 Å². The van der Waals surface area contributed by atoms with Gasteiger partial charge in [0.05, 0.1) is 5.56 Å². The smallest absolute Gasteiger partial charge is 0.153 e. The van der Waals surface area contributed by atoms with Crippen LogP contribution in [0.25, 0.3) is 0 Å². The Hall–Kier alpha value is -1.31. The van der Waals surface area contributed by atoms with E-state index in [-0.39, 0.29) is 5.75 Å². The van der Waals surface area contributed by atoms with Crippen LogP contribution in [0.15, 0.2) is 18.2 Å². The lowest BCUT2D eigenvalue weighted by atomic mass is 9.67. The molecule has 0 amide bonds. The molecule has 0 aromatic heterocycles. The first-order valence-electron chi connectivity index (χ1n) is 10.00. The van der Waals surface area contributed by atoms with Crippen molar-refractivity contribution in [2.75, 3.05) is 0 Å². The van der Waals surface area contributed by atoms with Crippen LogP contribution in [-0.4, -0.2) is 11.4 Å². The number of hydrogen-bond donors (Lipinski definition) is 1. The summed E-state index contributed by atoms with van der Waals surface area (Å²) in [5, 5.41) is 10.4. The maximum Gasteiger partial charge on any atom is 0.153 e. The van der Waals surface area contributed by atoms with Crippen molar-refractivity contribution in [1.29, 1.82) is 0 Å². The van der Waals surface area contributed by atoms with Crippen molar-refractivity contribution in [3.8, 4) is 5.75 Å². The second-order valence-electron chi connectivity index (χ2n) is 8.10. The summed E-state index contributed by atoms with van der Waals surface area (Å²) < 4.78 is 0. The molecule has 3 rings (SSSR count). The van der Waals surface area contributed by atoms with Crippen LogP contribution in [-0.2, 0) is 0 Å². The Labute approximate surface area is 146 Å². The minimum atomic E-state index is 0.227. The number of phenolic OH excluding ortho intramolecular Hbond substituents is 1. The summed E-state index contributed by atoms with van der Waals surface area (Å²) in [6.07, 6.45) is 14.1. The van der Waals surface area contributed by atoms with Crippen molar-refractivity contribution in [2.24, 2.45) is 17.8 Å². The van der Waals surface area contributed by atoms with E-state index >= 15 is 0 Å². The van der Waals surface area contributed by atoms with Crippen LogP contribution in [0.2, 0.25) is 0 Å². The van der Waals surface area contributed by atoms with Gasteiger partial charge in [-0.05, 0) is 61.0 Å². The molecule has 1 N–H and O–H groups in total. The molecule has 0 saturated heterocycles. The van der Waals surface area contributed by atoms with Gasteiger partial charge in [0.1, 0.15) is 5.75 Å². The van der Waals surface area contributed by atoms with E-state index in [0.717, 1.165) is 36.0 Å². The van der Waals surface area contributed by atoms with Gasteiger partial charge in [0, 0.05) is 0 Å². The van der Waals surface area contributed by atoms with E-state index in [1.165, 1.54) is 57.8 Å². The molecule has 132 valence electrons. The molecule has 0 heterocycles. The highest BCUT2D eigenvalue weighted by Crippen LogP contribution is 2.46. The highest BCUT2D eigenvalue weighted by Gasteiger charge is 2.32. The molecule has 24 heavy (non-hydrogen) atoms. The zero-order valence-corrected chi connectivity index (χ0v) is 15.0. The van der Waals surface area contributed by atoms with Gasteiger partial charge < -0.3 is 5.11 Å². The minimum absolute atomic E-state index is 0.227. The van der Waals surface area contributed by atoms with E-state index in [2.05, 4.69) is 6.92 Å². The number of carbonyl (C=O) groups excluding carboxylic acids is 1. The fraction of sp³-hybridized carbons (Fsp3) is 0.682. The first-order chi connectivity index (χ1) is 11.7. The van der Waals surface area contributed by atoms with Crippen LogP contribution in [0, 0.1) is 17.8 Å². The summed E-state index contributed by atoms with van der Waals surface area (Å²) in [7, 11) is 0. The molecule has 2 aliphatic carbocycles. The maximum absolute atomic E-state index is 11.1. The van der Waals surface area contributed by atoms with Gasteiger partial charge in [-0.2, -0.15) is 0 Å². The Balaban J connectivity index is 1.64. The van der Waals surface area contributed by atoms with Crippen molar-refractivity contribution in [3.63, 3.8) is 0 Å². The summed E-state index contributed by atoms with van der Waals surface area (Å²) in [4.78, 5) is 11.1. The standard InChI is InChI=1S/C22H32O2/c1-2-5-16-10-12-17(13-11-16)18-6-3-7-19(14-18)21-9-4-8-20(15-23)22(21)24/h4,8-9,15-19,24H,2-3,5-7,10-14H2,1H3. The van der Waals surface area contributed by atoms with Crippen molar-refractivity contribution < 1.29 is 9.90 Å². The van der Waals surface area contributed by atoms with Crippen molar-refractivity contribution in [1.82, 2.24) is 0 Å². The molecule has 0 spiro atoms. The summed E-state index contributed by atoms with van der Waals surface area (Å²) >= 11 is 0. The summed E-state index contributed by atoms with van der Waals surface area (Å²) in [5.41, 5.74) is 1.44. The highest BCUT2D eigenvalue weighted by molar-refractivity contribution is 5.80. The Bertz CT molecular complexity index is 543. The summed E-state index contributed by atoms with van der Waals surface area (Å²) in [6.45, 7) is 2.30. The molecular weight excluding hydrogens is 296 g/mol. The van der Waals surface area contributed by atoms with E-state index in [0.29, 0.717) is 11.5 Å². The second-order valence-corrected chi connectivity index (χ2v) is 8.10. The zero-order chi connectivity index (χ0) is 16.9. The number of phenols is 1. The lowest BCUT2D eigenvalue weighted by Crippen LogP contribution is -2.26. The molecule has 0 radical (unpaired) electrons. The van der Waals surface area contributed by atoms with E-state index < -0.39 is 0 Å². The third-order valence-corrected chi connectivity index (χ3v) is 6.64. The fourth-order valence-corrected chi connectivity index (χ4v) is 5.30. The second kappa shape index (κ2) is 8.18. The normalized spacial score (nSPS) is 30.9. The van der Waals surface area contributed by atoms with E-state index in [4.69, 9.17) is 0 Å². The molecular formula is C22H32O2. The fourth-order valence-electron chi connectivity index (χ4n) is 5.30. The van der Waals surface area contributed by atoms with Crippen molar-refractivity contribution in [3.05, 3.63) is 29.3 Å². The van der Waals surface area contributed by atoms with Gasteiger partial charge in [0.2, 0.25) is 0 Å². The van der Waals surface area contributed by atoms with E-state index in [9.17, 15) is 9.90 Å². The highest BCUT2D eigenvalue weighted by atomic mass is 16.3. The van der Waals surface area contributed by atoms with Gasteiger partial charge >= 0.3 is 0 Å². The lowest BCUT2D eigenvalue weighted by molar-refractivity contribution is 0.112. The number of para-hydroxylation sites is 1. The molecule has 2 saturated carbocycles. The maximum atomic E-state index is 11.1. The lowest BCUT2D eigenvalue weighted by Gasteiger charge is -2.38. The number of rotatable bonds is 5. The topological polar surface area (TPSA) is 37.3 Å². The van der Waals surface area contributed by atoms with E-state index in [1.54, 1.807) is 6.07 Å². The average molecular weight is 328 g/mol. The Kier molecular flexibility index (Phi) is 5.97. The SMILES string of the molecule is CCCC1CCC(C2CCCC(c3cccc(C=O)c3O)C2)CC1. The van der Waals surface area contributed by atoms with Gasteiger partial charge in [-0.3, -0.25) is 4.79 Å². The molecule has 1 aromatic rings. The van der Waals surface area contributed by atoms with Gasteiger partial charge in [-0.25, -0.2) is 0 Å². The predicted molar refractivity (Wildman–Crippen MR) is 98.5 cm³/mol. The van der Waals surface area contributed by atoms with Gasteiger partial charge in [0.25, 0.3) is 0 Å². The quantitative estimate of drug-likeness (QED) is 0.664. The Morgan fingerprint density at radius 3 is 2.58 bits per heavy atom. The zero-order valence-electron chi connectivity index (χ0n) is 15.0. The predicted octanol–water partition coefficient (Wildman–Crippen LogP) is 6.09. The first kappa shape index (κ1) is 17.5. The molecule has 2 atom stereocenters. The van der Waals surface area contributed by atoms with Crippen molar-refractivity contribution in [2.45, 2.75) is 77.0 Å². The van der Waals surface area contributed by atoms with Gasteiger partial charge in [0.15, 0.2) is 6.29 Å². The van der Waals surface area contributed by atoms with Crippen LogP contribution in [0.3, 0.4) is 0 Å². The van der Waals surface area contributed by atoms with Gasteiger partial charge in [-0.1, -0.05) is 57.6 Å². The molecule has 1 aromatic carbocycles. The Morgan fingerprint density at radius 1 is 1.08 bits per heavy atom. The molecule has 2 nitrogen and oxygen atoms in total. The summed E-state index contributed by atoms with van der Waals surface area (Å²) in [5.74, 6) is 3.32. The number of carbonyl (C=O) groups is 1. The Morgan fingerprint density at radius 2 is 1.88 bits per heavy atom. The third kappa shape index (κ3) is 3.84. The van der Waals surface area contributed by atoms with Crippen molar-refractivity contribution >= 4 is 6.29 Å². The summed E-state index contributed by atoms with van der Waals surface area (Å²) in [6, 6.07) is 5.65. The van der Waals surface area contributed by atoms with Crippen LogP contribution in [0.5, 0.6) is 5.75 Å². The average Bonchev–Trinajstić information content (AvgIpc) is 2.63.